The Hall–Kier alpha value is -2.70. The highest BCUT2D eigenvalue weighted by atomic mass is 79.9. The van der Waals surface area contributed by atoms with Crippen LogP contribution in [0.1, 0.15) is 51.6 Å². The Balaban J connectivity index is 0.000000810. The fourth-order valence-corrected chi connectivity index (χ4v) is 5.39. The van der Waals surface area contributed by atoms with E-state index in [1.165, 1.54) is 22.5 Å². The Morgan fingerprint density at radius 1 is 1.23 bits per heavy atom. The first-order valence-electron chi connectivity index (χ1n) is 12.9. The van der Waals surface area contributed by atoms with Crippen molar-refractivity contribution in [2.45, 2.75) is 46.0 Å². The summed E-state index contributed by atoms with van der Waals surface area (Å²) >= 11 is 2.74. The van der Waals surface area contributed by atoms with E-state index in [9.17, 15) is 12.6 Å². The molecule has 0 spiro atoms. The first-order valence-corrected chi connectivity index (χ1v) is 15.2. The van der Waals surface area contributed by atoms with Crippen molar-refractivity contribution in [2.75, 3.05) is 6.61 Å². The van der Waals surface area contributed by atoms with Crippen LogP contribution in [-0.4, -0.2) is 37.8 Å². The van der Waals surface area contributed by atoms with E-state index < -0.39 is 0 Å². The van der Waals surface area contributed by atoms with Crippen molar-refractivity contribution in [1.29, 1.82) is 0 Å². The Labute approximate surface area is 251 Å². The lowest BCUT2D eigenvalue weighted by atomic mass is 9.84. The van der Waals surface area contributed by atoms with Gasteiger partial charge in [-0.25, -0.2) is 4.99 Å². The molecule has 0 saturated heterocycles. The molecule has 2 heterocycles. The average Bonchev–Trinajstić information content (AvgIpc) is 3.20. The summed E-state index contributed by atoms with van der Waals surface area (Å²) in [4.78, 5) is 20.1. The van der Waals surface area contributed by atoms with E-state index in [0.717, 1.165) is 51.3 Å². The van der Waals surface area contributed by atoms with Crippen molar-refractivity contribution in [2.24, 2.45) is 16.8 Å². The van der Waals surface area contributed by atoms with Gasteiger partial charge in [0, 0.05) is 28.5 Å². The first-order chi connectivity index (χ1) is 19.6. The molecule has 1 saturated carbocycles. The largest absolute Gasteiger partial charge is 0.468 e. The summed E-state index contributed by atoms with van der Waals surface area (Å²) in [5.74, 6) is 1.75. The number of aromatic nitrogens is 3. The molecule has 0 aromatic carbocycles. The molecule has 40 heavy (non-hydrogen) atoms. The van der Waals surface area contributed by atoms with Crippen LogP contribution in [0.4, 0.5) is 13.6 Å². The van der Waals surface area contributed by atoms with Crippen molar-refractivity contribution in [3.8, 4) is 11.1 Å². The van der Waals surface area contributed by atoms with Crippen LogP contribution >= 0.6 is 40.6 Å². The molecule has 0 radical (unpaired) electrons. The number of ether oxygens (including phenoxy) is 1. The Morgan fingerprint density at radius 3 is 2.60 bits per heavy atom. The summed E-state index contributed by atoms with van der Waals surface area (Å²) < 4.78 is 33.2. The number of rotatable bonds is 10. The summed E-state index contributed by atoms with van der Waals surface area (Å²) in [6, 6.07) is 3.93. The molecule has 0 aliphatic heterocycles. The molecule has 4 rings (SSSR count). The van der Waals surface area contributed by atoms with Gasteiger partial charge in [0.25, 0.3) is 6.47 Å². The van der Waals surface area contributed by atoms with E-state index >= 15 is 0 Å². The highest BCUT2D eigenvalue weighted by molar-refractivity contribution is 9.11. The molecule has 0 atom stereocenters. The van der Waals surface area contributed by atoms with Crippen LogP contribution in [-0.2, 0) is 9.53 Å². The molecule has 0 bridgehead atoms. The van der Waals surface area contributed by atoms with E-state index in [1.54, 1.807) is 19.3 Å². The third kappa shape index (κ3) is 8.90. The van der Waals surface area contributed by atoms with Crippen molar-refractivity contribution in [3.05, 3.63) is 65.6 Å². The fraction of sp³-hybridized carbons (Fsp3) is 0.357. The quantitative estimate of drug-likeness (QED) is 0.144. The van der Waals surface area contributed by atoms with Gasteiger partial charge in [-0.05, 0) is 49.7 Å². The minimum absolute atomic E-state index is 0.158. The number of nitrogens with zero attached hydrogens (tertiary/aromatic N) is 5. The Morgan fingerprint density at radius 2 is 2.00 bits per heavy atom. The molecule has 2 aliphatic carbocycles. The number of pyridine rings is 1. The Bertz CT molecular complexity index is 1240. The minimum atomic E-state index is -0.243. The number of allylic oxidation sites excluding steroid dienone is 6. The van der Waals surface area contributed by atoms with Crippen molar-refractivity contribution in [1.82, 2.24) is 18.5 Å². The van der Waals surface area contributed by atoms with Crippen LogP contribution < -0.4 is 0 Å². The number of carbonyl (C=O) groups is 1. The van der Waals surface area contributed by atoms with Gasteiger partial charge in [-0.15, -0.1) is 7.77 Å². The highest BCUT2D eigenvalue weighted by Gasteiger charge is 2.22. The predicted octanol–water partition coefficient (Wildman–Crippen LogP) is 9.07. The zero-order valence-corrected chi connectivity index (χ0v) is 25.5. The monoisotopic (exact) mass is 651 g/mol. The van der Waals surface area contributed by atoms with Gasteiger partial charge in [0.05, 0.1) is 18.5 Å². The summed E-state index contributed by atoms with van der Waals surface area (Å²) in [6.45, 7) is 4.94. The summed E-state index contributed by atoms with van der Waals surface area (Å²) in [7, 11) is 0. The second kappa shape index (κ2) is 17.2. The zero-order chi connectivity index (χ0) is 28.7. The first kappa shape index (κ1) is 31.8. The number of halogens is 3. The molecular formula is C28H32BrF2N5O2S2. The molecule has 7 nitrogen and oxygen atoms in total. The molecule has 2 aromatic rings. The number of aliphatic imine (C=N–C) groups is 1. The van der Waals surface area contributed by atoms with Crippen LogP contribution in [0.25, 0.3) is 22.5 Å². The highest BCUT2D eigenvalue weighted by Crippen LogP contribution is 2.38. The van der Waals surface area contributed by atoms with Gasteiger partial charge < -0.3 is 4.74 Å². The van der Waals surface area contributed by atoms with Gasteiger partial charge in [0.1, 0.15) is 0 Å². The van der Waals surface area contributed by atoms with E-state index in [-0.39, 0.29) is 30.5 Å². The standard InChI is InChI=1S/C25H26BrF2N5S2.C3H6O2/c1-18-8-10-19(11-9-18)15-30-25-22(17-31-32(25)24(14-26)33(34-27)35-28)21-12-13-23(29-16-21)20-6-4-2-3-5-7-20;1-2-5-3-4/h2,4-7,12-19H,3,8-11H2,1H3;3H,2H2,1H3/b24-14-,30-15+;. The molecule has 0 unspecified atom stereocenters. The third-order valence-corrected chi connectivity index (χ3v) is 7.80. The Kier molecular flexibility index (Phi) is 13.7. The molecule has 214 valence electrons. The summed E-state index contributed by atoms with van der Waals surface area (Å²) in [5, 5.41) is 4.42. The molecule has 0 N–H and O–H groups in total. The van der Waals surface area contributed by atoms with Crippen molar-refractivity contribution >= 4 is 70.5 Å². The van der Waals surface area contributed by atoms with Gasteiger partial charge in [-0.3, -0.25) is 9.78 Å². The van der Waals surface area contributed by atoms with Crippen LogP contribution in [0.2, 0.25) is 0 Å². The van der Waals surface area contributed by atoms with Crippen molar-refractivity contribution < 1.29 is 17.3 Å². The van der Waals surface area contributed by atoms with Crippen LogP contribution in [0, 0.1) is 11.8 Å². The topological polar surface area (TPSA) is 72.6 Å². The van der Waals surface area contributed by atoms with Gasteiger partial charge in [0.15, 0.2) is 36.3 Å². The van der Waals surface area contributed by atoms with Crippen LogP contribution in [0.15, 0.2) is 64.9 Å². The van der Waals surface area contributed by atoms with Crippen LogP contribution in [0.5, 0.6) is 0 Å². The lowest BCUT2D eigenvalue weighted by molar-refractivity contribution is -0.128. The number of carbonyl (C=O) groups excluding carboxylic acids is 1. The third-order valence-electron chi connectivity index (χ3n) is 6.43. The SMILES string of the molecule is CC1CCC(/C=N/c2c(-c3ccc(C4=CC=CCC=C4)nc3)cnn2/C(=C/Br)N(SF)SF)CC1.CCOC=O. The summed E-state index contributed by atoms with van der Waals surface area (Å²) in [6.07, 6.45) is 21.1. The van der Waals surface area contributed by atoms with E-state index in [2.05, 4.69) is 55.9 Å². The maximum absolute atomic E-state index is 13.4. The number of hydrogen-bond donors (Lipinski definition) is 0. The average molecular weight is 653 g/mol. The van der Waals surface area contributed by atoms with E-state index in [1.807, 2.05) is 30.5 Å². The number of hydrogen-bond acceptors (Lipinski definition) is 8. The molecule has 1 fully saturated rings. The normalized spacial score (nSPS) is 19.0. The fourth-order valence-electron chi connectivity index (χ4n) is 4.24. The van der Waals surface area contributed by atoms with Gasteiger partial charge in [0.2, 0.25) is 0 Å². The molecule has 12 heteroatoms. The molecule has 0 amide bonds. The predicted molar refractivity (Wildman–Crippen MR) is 166 cm³/mol. The van der Waals surface area contributed by atoms with E-state index in [4.69, 9.17) is 4.99 Å². The van der Waals surface area contributed by atoms with Gasteiger partial charge in [-0.2, -0.15) is 13.5 Å². The van der Waals surface area contributed by atoms with Crippen LogP contribution in [0.3, 0.4) is 0 Å². The lowest BCUT2D eigenvalue weighted by Crippen LogP contribution is -2.13. The smallest absolute Gasteiger partial charge is 0.293 e. The van der Waals surface area contributed by atoms with Gasteiger partial charge in [-0.1, -0.05) is 72.1 Å². The summed E-state index contributed by atoms with van der Waals surface area (Å²) in [5.41, 5.74) is 3.44. The van der Waals surface area contributed by atoms with E-state index in [0.29, 0.717) is 24.8 Å². The minimum Gasteiger partial charge on any atom is -0.468 e. The molecule has 2 aromatic heterocycles. The van der Waals surface area contributed by atoms with Crippen molar-refractivity contribution in [3.63, 3.8) is 0 Å². The zero-order valence-electron chi connectivity index (χ0n) is 22.3. The second-order valence-corrected chi connectivity index (χ2v) is 10.8. The second-order valence-electron chi connectivity index (χ2n) is 9.13. The maximum atomic E-state index is 13.4. The maximum Gasteiger partial charge on any atom is 0.293 e. The molecule has 2 aliphatic rings. The van der Waals surface area contributed by atoms with Gasteiger partial charge >= 0.3 is 0 Å². The lowest BCUT2D eigenvalue weighted by Gasteiger charge is -2.23. The molecular weight excluding hydrogens is 620 g/mol.